The zero-order valence-electron chi connectivity index (χ0n) is 23.9. The zero-order valence-corrected chi connectivity index (χ0v) is 24.8. The van der Waals surface area contributed by atoms with Crippen LogP contribution in [0.2, 0.25) is 0 Å². The first kappa shape index (κ1) is 30.7. The second-order valence-corrected chi connectivity index (χ2v) is 11.7. The van der Waals surface area contributed by atoms with E-state index in [1.807, 2.05) is 50.2 Å². The Bertz CT molecular complexity index is 1280. The number of carbonyl (C=O) groups is 3. The minimum atomic E-state index is -0.478. The van der Waals surface area contributed by atoms with Crippen molar-refractivity contribution in [2.24, 2.45) is 5.73 Å². The third kappa shape index (κ3) is 7.72. The fraction of sp³-hybridized carbons (Fsp3) is 0.500. The van der Waals surface area contributed by atoms with Crippen molar-refractivity contribution in [3.8, 4) is 0 Å². The summed E-state index contributed by atoms with van der Waals surface area (Å²) < 4.78 is 0. The van der Waals surface area contributed by atoms with Crippen LogP contribution in [-0.2, 0) is 9.59 Å². The monoisotopic (exact) mass is 582 g/mol. The molecular formula is C30H42N6O4S. The molecule has 0 bridgehead atoms. The van der Waals surface area contributed by atoms with Crippen molar-refractivity contribution >= 4 is 45.9 Å². The van der Waals surface area contributed by atoms with Gasteiger partial charge in [-0.1, -0.05) is 37.2 Å². The van der Waals surface area contributed by atoms with E-state index in [2.05, 4.69) is 20.9 Å². The first-order valence-electron chi connectivity index (χ1n) is 14.5. The molecule has 10 nitrogen and oxygen atoms in total. The number of benzene rings is 2. The highest BCUT2D eigenvalue weighted by Gasteiger charge is 2.38. The number of thioether (sulfide) groups is 1. The zero-order chi connectivity index (χ0) is 29.4. The Kier molecular flexibility index (Phi) is 10.9. The number of hydrogen-bond donors (Lipinski definition) is 5. The van der Waals surface area contributed by atoms with Crippen LogP contribution in [-0.4, -0.2) is 89.8 Å². The summed E-state index contributed by atoms with van der Waals surface area (Å²) in [5, 5.41) is 20.6. The molecule has 2 aromatic carbocycles. The van der Waals surface area contributed by atoms with E-state index in [0.29, 0.717) is 36.6 Å². The molecule has 0 radical (unpaired) electrons. The van der Waals surface area contributed by atoms with E-state index in [0.717, 1.165) is 42.5 Å². The Labute approximate surface area is 246 Å². The van der Waals surface area contributed by atoms with Crippen LogP contribution in [0.15, 0.2) is 47.1 Å². The molecule has 1 unspecified atom stereocenters. The van der Waals surface area contributed by atoms with Crippen LogP contribution < -0.4 is 21.7 Å². The van der Waals surface area contributed by atoms with Gasteiger partial charge in [-0.15, -0.1) is 0 Å². The largest absolute Gasteiger partial charge is 0.394 e. The van der Waals surface area contributed by atoms with Crippen molar-refractivity contribution in [3.05, 3.63) is 52.7 Å². The summed E-state index contributed by atoms with van der Waals surface area (Å²) in [6, 6.07) is 11.2. The number of aliphatic hydroxyl groups is 1. The molecule has 2 saturated heterocycles. The lowest BCUT2D eigenvalue weighted by Crippen LogP contribution is -2.41. The molecule has 2 aliphatic rings. The molecule has 3 amide bonds. The Morgan fingerprint density at radius 1 is 1.12 bits per heavy atom. The molecule has 0 spiro atoms. The van der Waals surface area contributed by atoms with Crippen molar-refractivity contribution in [1.82, 2.24) is 20.4 Å². The van der Waals surface area contributed by atoms with E-state index in [9.17, 15) is 19.5 Å². The van der Waals surface area contributed by atoms with Gasteiger partial charge in [-0.2, -0.15) is 0 Å². The Hall–Kier alpha value is -3.28. The lowest BCUT2D eigenvalue weighted by Gasteiger charge is -2.19. The third-order valence-electron chi connectivity index (χ3n) is 7.53. The molecule has 41 heavy (non-hydrogen) atoms. The molecule has 0 saturated carbocycles. The van der Waals surface area contributed by atoms with E-state index in [1.54, 1.807) is 0 Å². The number of hydrogen-bond acceptors (Lipinski definition) is 8. The van der Waals surface area contributed by atoms with Crippen LogP contribution in [0.25, 0.3) is 10.8 Å². The van der Waals surface area contributed by atoms with Crippen molar-refractivity contribution in [2.75, 3.05) is 51.2 Å². The topological polar surface area (TPSA) is 140 Å². The number of carbonyl (C=O) groups excluding carboxylic acids is 3. The number of anilines is 1. The standard InChI is InChI=1S/C30H42N6O4S/c1-3-7-24(19-37)34-28(39)26(31)30-36(4-2)29(40)25(41-30)18-33-23-11-10-20-16-22(9-8-21(20)17-23)27(38)32-12-15-35-13-5-6-14-35/h8-11,16-17,24-25,33,37H,3-7,12-15,18-19,31H2,1-2H3,(H,32,38)(H,34,39)/b30-26+/t24?,25-/m1/s1. The Morgan fingerprint density at radius 2 is 1.85 bits per heavy atom. The van der Waals surface area contributed by atoms with Gasteiger partial charge in [0, 0.05) is 37.4 Å². The van der Waals surface area contributed by atoms with Crippen LogP contribution in [0, 0.1) is 0 Å². The van der Waals surface area contributed by atoms with Crippen molar-refractivity contribution in [2.45, 2.75) is 50.8 Å². The molecule has 11 heteroatoms. The van der Waals surface area contributed by atoms with Gasteiger partial charge in [-0.25, -0.2) is 0 Å². The fourth-order valence-corrected chi connectivity index (χ4v) is 6.45. The maximum absolute atomic E-state index is 13.1. The van der Waals surface area contributed by atoms with E-state index >= 15 is 0 Å². The molecule has 2 heterocycles. The molecule has 0 aliphatic carbocycles. The average Bonchev–Trinajstić information content (AvgIpc) is 3.62. The van der Waals surface area contributed by atoms with Crippen LogP contribution in [0.1, 0.15) is 49.9 Å². The van der Waals surface area contributed by atoms with Crippen LogP contribution in [0.5, 0.6) is 0 Å². The van der Waals surface area contributed by atoms with Crippen molar-refractivity contribution < 1.29 is 19.5 Å². The van der Waals surface area contributed by atoms with Gasteiger partial charge in [0.25, 0.3) is 11.8 Å². The summed E-state index contributed by atoms with van der Waals surface area (Å²) in [5.41, 5.74) is 7.66. The fourth-order valence-electron chi connectivity index (χ4n) is 5.22. The first-order valence-corrected chi connectivity index (χ1v) is 15.4. The SMILES string of the molecule is CCCC(CO)NC(=O)/C(N)=C1\S[C@H](CNc2ccc3cc(C(=O)NCCN4CCCC4)ccc3c2)C(=O)N1CC. The number of nitrogens with zero attached hydrogens (tertiary/aromatic N) is 2. The predicted octanol–water partition coefficient (Wildman–Crippen LogP) is 2.45. The lowest BCUT2D eigenvalue weighted by atomic mass is 10.1. The molecule has 6 N–H and O–H groups in total. The minimum absolute atomic E-state index is 0.0103. The van der Waals surface area contributed by atoms with Gasteiger partial charge in [0.2, 0.25) is 5.91 Å². The van der Waals surface area contributed by atoms with Crippen molar-refractivity contribution in [1.29, 1.82) is 0 Å². The number of aliphatic hydroxyl groups excluding tert-OH is 1. The Morgan fingerprint density at radius 3 is 2.56 bits per heavy atom. The van der Waals surface area contributed by atoms with Crippen LogP contribution in [0.3, 0.4) is 0 Å². The highest BCUT2D eigenvalue weighted by molar-refractivity contribution is 8.04. The van der Waals surface area contributed by atoms with Gasteiger partial charge >= 0.3 is 0 Å². The first-order chi connectivity index (χ1) is 19.8. The molecule has 4 rings (SSSR count). The van der Waals surface area contributed by atoms with Gasteiger partial charge in [-0.05, 0) is 74.3 Å². The second kappa shape index (κ2) is 14.6. The van der Waals surface area contributed by atoms with E-state index in [1.165, 1.54) is 29.5 Å². The molecule has 2 aliphatic heterocycles. The summed E-state index contributed by atoms with van der Waals surface area (Å²) in [7, 11) is 0. The highest BCUT2D eigenvalue weighted by atomic mass is 32.2. The third-order valence-corrected chi connectivity index (χ3v) is 8.85. The number of amides is 3. The molecular weight excluding hydrogens is 540 g/mol. The summed E-state index contributed by atoms with van der Waals surface area (Å²) in [6.07, 6.45) is 3.92. The smallest absolute Gasteiger partial charge is 0.270 e. The number of nitrogens with one attached hydrogen (secondary N) is 3. The average molecular weight is 583 g/mol. The normalized spacial score (nSPS) is 19.4. The predicted molar refractivity (Wildman–Crippen MR) is 164 cm³/mol. The molecule has 0 aromatic heterocycles. The minimum Gasteiger partial charge on any atom is -0.394 e. The quantitative estimate of drug-likeness (QED) is 0.227. The van der Waals surface area contributed by atoms with Crippen LogP contribution in [0.4, 0.5) is 5.69 Å². The highest BCUT2D eigenvalue weighted by Crippen LogP contribution is 2.36. The number of likely N-dealkylation sites (tertiary alicyclic amines) is 1. The van der Waals surface area contributed by atoms with Crippen molar-refractivity contribution in [3.63, 3.8) is 0 Å². The number of rotatable bonds is 13. The molecule has 222 valence electrons. The summed E-state index contributed by atoms with van der Waals surface area (Å²) >= 11 is 1.28. The van der Waals surface area contributed by atoms with Gasteiger partial charge in [0.05, 0.1) is 12.6 Å². The summed E-state index contributed by atoms with van der Waals surface area (Å²) in [4.78, 5) is 42.4. The lowest BCUT2D eigenvalue weighted by molar-refractivity contribution is -0.127. The second-order valence-electron chi connectivity index (χ2n) is 10.5. The van der Waals surface area contributed by atoms with E-state index in [4.69, 9.17) is 5.73 Å². The van der Waals surface area contributed by atoms with E-state index in [-0.39, 0.29) is 30.2 Å². The van der Waals surface area contributed by atoms with Gasteiger partial charge in [-0.3, -0.25) is 14.4 Å². The molecule has 2 fully saturated rings. The van der Waals surface area contributed by atoms with Gasteiger partial charge in [0.1, 0.15) is 16.0 Å². The van der Waals surface area contributed by atoms with Gasteiger partial charge < -0.3 is 36.6 Å². The number of nitrogens with two attached hydrogens (primary N) is 1. The summed E-state index contributed by atoms with van der Waals surface area (Å²) in [6.45, 7) is 8.15. The Balaban J connectivity index is 1.36. The maximum atomic E-state index is 13.1. The molecule has 2 atom stereocenters. The molecule has 2 aromatic rings. The van der Waals surface area contributed by atoms with Gasteiger partial charge in [0.15, 0.2) is 0 Å². The number of fused-ring (bicyclic) bond motifs is 1. The van der Waals surface area contributed by atoms with E-state index < -0.39 is 11.2 Å². The maximum Gasteiger partial charge on any atom is 0.270 e. The summed E-state index contributed by atoms with van der Waals surface area (Å²) in [5.74, 6) is -0.655. The van der Waals surface area contributed by atoms with Crippen LogP contribution >= 0.6 is 11.8 Å².